The van der Waals surface area contributed by atoms with Gasteiger partial charge in [-0.3, -0.25) is 9.59 Å². The number of alkyl halides is 2. The van der Waals surface area contributed by atoms with Gasteiger partial charge in [-0.1, -0.05) is 24.3 Å². The molecule has 0 aliphatic carbocycles. The Morgan fingerprint density at radius 2 is 1.89 bits per heavy atom. The molecule has 1 aliphatic heterocycles. The summed E-state index contributed by atoms with van der Waals surface area (Å²) in [6.45, 7) is -2.12. The Hall–Kier alpha value is -3.27. The van der Waals surface area contributed by atoms with Gasteiger partial charge in [0, 0.05) is 25.4 Å². The number of likely N-dealkylation sites (tertiary alicyclic amines) is 1. The summed E-state index contributed by atoms with van der Waals surface area (Å²) in [5.74, 6) is -0.498. The molecule has 3 rings (SSSR count). The second kappa shape index (κ2) is 8.61. The predicted molar refractivity (Wildman–Crippen MR) is 97.0 cm³/mol. The Labute approximate surface area is 161 Å². The summed E-state index contributed by atoms with van der Waals surface area (Å²) in [5, 5.41) is 9.16. The average Bonchev–Trinajstić information content (AvgIpc) is 3.19. The second-order valence-electron chi connectivity index (χ2n) is 6.56. The lowest BCUT2D eigenvalue weighted by atomic mass is 9.97. The summed E-state index contributed by atoms with van der Waals surface area (Å²) in [7, 11) is 0. The monoisotopic (exact) mass is 384 g/mol. The van der Waals surface area contributed by atoms with Crippen molar-refractivity contribution < 1.29 is 23.1 Å². The van der Waals surface area contributed by atoms with E-state index in [0.29, 0.717) is 36.2 Å². The van der Waals surface area contributed by atoms with Crippen molar-refractivity contribution in [3.8, 4) is 11.8 Å². The smallest absolute Gasteiger partial charge is 0.387 e. The minimum Gasteiger partial charge on any atom is -0.435 e. The van der Waals surface area contributed by atoms with E-state index in [-0.39, 0.29) is 29.8 Å². The van der Waals surface area contributed by atoms with E-state index < -0.39 is 6.61 Å². The van der Waals surface area contributed by atoms with Gasteiger partial charge in [-0.15, -0.1) is 0 Å². The first kappa shape index (κ1) is 19.5. The van der Waals surface area contributed by atoms with E-state index in [1.165, 1.54) is 12.1 Å². The number of nitrogens with zero attached hydrogens (tertiary/aromatic N) is 2. The van der Waals surface area contributed by atoms with Gasteiger partial charge in [0.1, 0.15) is 11.5 Å². The van der Waals surface area contributed by atoms with Crippen LogP contribution in [0.15, 0.2) is 48.5 Å². The minimum absolute atomic E-state index is 0.00797. The molecule has 2 aromatic carbocycles. The summed E-state index contributed by atoms with van der Waals surface area (Å²) in [5.41, 5.74) is 1.35. The molecule has 1 atom stereocenters. The van der Waals surface area contributed by atoms with E-state index in [1.54, 1.807) is 41.3 Å². The van der Waals surface area contributed by atoms with Gasteiger partial charge >= 0.3 is 6.61 Å². The molecule has 0 saturated carbocycles. The van der Waals surface area contributed by atoms with E-state index in [9.17, 15) is 18.4 Å². The molecule has 5 nitrogen and oxygen atoms in total. The van der Waals surface area contributed by atoms with E-state index in [1.807, 2.05) is 6.07 Å². The largest absolute Gasteiger partial charge is 0.435 e. The summed E-state index contributed by atoms with van der Waals surface area (Å²) >= 11 is 0. The molecule has 0 spiro atoms. The van der Waals surface area contributed by atoms with Crippen molar-refractivity contribution in [2.24, 2.45) is 5.92 Å². The third-order valence-electron chi connectivity index (χ3n) is 4.74. The Balaban J connectivity index is 1.59. The maximum absolute atomic E-state index is 12.7. The quantitative estimate of drug-likeness (QED) is 0.765. The number of amides is 1. The lowest BCUT2D eigenvalue weighted by Gasteiger charge is -2.17. The van der Waals surface area contributed by atoms with Crippen molar-refractivity contribution in [1.82, 2.24) is 4.90 Å². The molecular weight excluding hydrogens is 366 g/mol. The first-order chi connectivity index (χ1) is 13.5. The molecular formula is C21H18F2N2O3. The summed E-state index contributed by atoms with van der Waals surface area (Å²) in [4.78, 5) is 26.8. The molecule has 1 saturated heterocycles. The number of ether oxygens (including phenoxy) is 1. The molecule has 1 heterocycles. The lowest BCUT2D eigenvalue weighted by molar-refractivity contribution is -0.121. The molecule has 2 aromatic rings. The van der Waals surface area contributed by atoms with Crippen molar-refractivity contribution in [2.45, 2.75) is 19.5 Å². The Bertz CT molecular complexity index is 907. The first-order valence-electron chi connectivity index (χ1n) is 8.83. The third kappa shape index (κ3) is 4.52. The summed E-state index contributed by atoms with van der Waals surface area (Å²) < 4.78 is 28.7. The molecule has 0 unspecified atom stereocenters. The normalized spacial score (nSPS) is 16.1. The van der Waals surface area contributed by atoms with Gasteiger partial charge < -0.3 is 9.64 Å². The molecule has 0 radical (unpaired) electrons. The van der Waals surface area contributed by atoms with Crippen LogP contribution in [0.2, 0.25) is 0 Å². The molecule has 0 aromatic heterocycles. The van der Waals surface area contributed by atoms with Gasteiger partial charge in [-0.05, 0) is 36.2 Å². The zero-order valence-electron chi connectivity index (χ0n) is 15.0. The SMILES string of the molecule is N#Cc1ccccc1C(=O)N1CC[C@H](C(=O)Cc2ccc(OC(F)F)cc2)C1. The first-order valence-corrected chi connectivity index (χ1v) is 8.83. The van der Waals surface area contributed by atoms with Gasteiger partial charge in [0.05, 0.1) is 17.2 Å². The van der Waals surface area contributed by atoms with Gasteiger partial charge in [0.15, 0.2) is 0 Å². The Morgan fingerprint density at radius 3 is 2.57 bits per heavy atom. The number of carbonyl (C=O) groups excluding carboxylic acids is 2. The number of benzene rings is 2. The van der Waals surface area contributed by atoms with Crippen LogP contribution in [0.25, 0.3) is 0 Å². The maximum atomic E-state index is 12.7. The number of carbonyl (C=O) groups is 2. The Morgan fingerprint density at radius 1 is 1.18 bits per heavy atom. The van der Waals surface area contributed by atoms with Gasteiger partial charge in [0.25, 0.3) is 5.91 Å². The highest BCUT2D eigenvalue weighted by Crippen LogP contribution is 2.23. The van der Waals surface area contributed by atoms with Crippen LogP contribution in [0.1, 0.15) is 27.9 Å². The molecule has 7 heteroatoms. The maximum Gasteiger partial charge on any atom is 0.387 e. The van der Waals surface area contributed by atoms with E-state index in [2.05, 4.69) is 4.74 Å². The molecule has 144 valence electrons. The summed E-state index contributed by atoms with van der Waals surface area (Å²) in [6.07, 6.45) is 0.725. The van der Waals surface area contributed by atoms with Crippen LogP contribution in [-0.4, -0.2) is 36.3 Å². The second-order valence-corrected chi connectivity index (χ2v) is 6.56. The fourth-order valence-electron chi connectivity index (χ4n) is 3.28. The van der Waals surface area contributed by atoms with Crippen molar-refractivity contribution in [3.63, 3.8) is 0 Å². The average molecular weight is 384 g/mol. The van der Waals surface area contributed by atoms with Crippen molar-refractivity contribution in [3.05, 3.63) is 65.2 Å². The fraction of sp³-hybridized carbons (Fsp3) is 0.286. The van der Waals surface area contributed by atoms with Crippen LogP contribution in [0.3, 0.4) is 0 Å². The summed E-state index contributed by atoms with van der Waals surface area (Å²) in [6, 6.07) is 14.6. The van der Waals surface area contributed by atoms with E-state index in [4.69, 9.17) is 5.26 Å². The number of ketones is 1. The highest BCUT2D eigenvalue weighted by molar-refractivity contribution is 5.97. The van der Waals surface area contributed by atoms with Crippen LogP contribution in [0.5, 0.6) is 5.75 Å². The number of nitriles is 1. The zero-order valence-corrected chi connectivity index (χ0v) is 15.0. The molecule has 28 heavy (non-hydrogen) atoms. The number of halogens is 2. The molecule has 0 bridgehead atoms. The fourth-order valence-corrected chi connectivity index (χ4v) is 3.28. The van der Waals surface area contributed by atoms with Crippen LogP contribution in [0, 0.1) is 17.2 Å². The van der Waals surface area contributed by atoms with E-state index in [0.717, 1.165) is 0 Å². The zero-order chi connectivity index (χ0) is 20.1. The van der Waals surface area contributed by atoms with E-state index >= 15 is 0 Å². The lowest BCUT2D eigenvalue weighted by Crippen LogP contribution is -2.30. The molecule has 1 aliphatic rings. The highest BCUT2D eigenvalue weighted by atomic mass is 19.3. The van der Waals surface area contributed by atoms with Crippen molar-refractivity contribution >= 4 is 11.7 Å². The molecule has 1 amide bonds. The predicted octanol–water partition coefficient (Wildman–Crippen LogP) is 3.43. The topological polar surface area (TPSA) is 70.4 Å². The van der Waals surface area contributed by atoms with Gasteiger partial charge in [-0.2, -0.15) is 14.0 Å². The van der Waals surface area contributed by atoms with Gasteiger partial charge in [0.2, 0.25) is 0 Å². The number of hydrogen-bond acceptors (Lipinski definition) is 4. The van der Waals surface area contributed by atoms with Crippen LogP contribution in [-0.2, 0) is 11.2 Å². The van der Waals surface area contributed by atoms with Crippen LogP contribution in [0.4, 0.5) is 8.78 Å². The molecule has 1 fully saturated rings. The van der Waals surface area contributed by atoms with Crippen molar-refractivity contribution in [1.29, 1.82) is 5.26 Å². The highest BCUT2D eigenvalue weighted by Gasteiger charge is 2.32. The van der Waals surface area contributed by atoms with Crippen LogP contribution < -0.4 is 4.74 Å². The molecule has 0 N–H and O–H groups in total. The van der Waals surface area contributed by atoms with Crippen LogP contribution >= 0.6 is 0 Å². The minimum atomic E-state index is -2.89. The standard InChI is InChI=1S/C21H18F2N2O3/c22-21(23)28-17-7-5-14(6-8-17)11-19(26)16-9-10-25(13-16)20(27)18-4-2-1-3-15(18)12-24/h1-8,16,21H,9-11,13H2/t16-/m0/s1. The third-order valence-corrected chi connectivity index (χ3v) is 4.74. The number of rotatable bonds is 6. The van der Waals surface area contributed by atoms with Gasteiger partial charge in [-0.25, -0.2) is 0 Å². The number of Topliss-reactive ketones (excluding diaryl/α,β-unsaturated/α-hetero) is 1. The Kier molecular flexibility index (Phi) is 5.99. The van der Waals surface area contributed by atoms with Crippen molar-refractivity contribution in [2.75, 3.05) is 13.1 Å². The number of hydrogen-bond donors (Lipinski definition) is 0.